The fourth-order valence-corrected chi connectivity index (χ4v) is 3.54. The highest BCUT2D eigenvalue weighted by atomic mass is 79.9. The maximum atomic E-state index is 3.65. The molecule has 1 aromatic rings. The molecule has 110 valence electrons. The van der Waals surface area contributed by atoms with Gasteiger partial charge in [0.05, 0.1) is 0 Å². The summed E-state index contributed by atoms with van der Waals surface area (Å²) < 4.78 is 1.19. The van der Waals surface area contributed by atoms with Gasteiger partial charge < -0.3 is 10.2 Å². The van der Waals surface area contributed by atoms with Crippen LogP contribution in [0.1, 0.15) is 44.6 Å². The molecule has 1 aromatic carbocycles. The van der Waals surface area contributed by atoms with E-state index in [0.717, 1.165) is 18.5 Å². The zero-order valence-corrected chi connectivity index (χ0v) is 14.0. The van der Waals surface area contributed by atoms with Crippen molar-refractivity contribution in [1.29, 1.82) is 0 Å². The second-order valence-corrected chi connectivity index (χ2v) is 7.18. The highest BCUT2D eigenvalue weighted by molar-refractivity contribution is 9.10. The van der Waals surface area contributed by atoms with Crippen LogP contribution in [-0.4, -0.2) is 19.1 Å². The first-order chi connectivity index (χ1) is 9.76. The predicted octanol–water partition coefficient (Wildman–Crippen LogP) is 4.33. The molecule has 1 saturated heterocycles. The van der Waals surface area contributed by atoms with Crippen molar-refractivity contribution in [2.45, 2.75) is 51.6 Å². The van der Waals surface area contributed by atoms with Gasteiger partial charge in [0.1, 0.15) is 0 Å². The molecule has 2 nitrogen and oxygen atoms in total. The molecule has 0 aromatic heterocycles. The molecule has 1 saturated carbocycles. The summed E-state index contributed by atoms with van der Waals surface area (Å²) in [6.07, 6.45) is 6.74. The molecule has 1 aliphatic heterocycles. The van der Waals surface area contributed by atoms with Crippen LogP contribution in [0, 0.1) is 5.92 Å². The van der Waals surface area contributed by atoms with E-state index in [-0.39, 0.29) is 0 Å². The Morgan fingerprint density at radius 2 is 1.95 bits per heavy atom. The normalized spacial score (nSPS) is 20.4. The van der Waals surface area contributed by atoms with Crippen molar-refractivity contribution in [3.05, 3.63) is 28.2 Å². The summed E-state index contributed by atoms with van der Waals surface area (Å²) in [7, 11) is 0. The highest BCUT2D eigenvalue weighted by Gasteiger charge is 2.23. The molecule has 3 heteroatoms. The zero-order chi connectivity index (χ0) is 13.9. The van der Waals surface area contributed by atoms with Crippen molar-refractivity contribution >= 4 is 21.6 Å². The summed E-state index contributed by atoms with van der Waals surface area (Å²) in [5.41, 5.74) is 2.89. The van der Waals surface area contributed by atoms with Crippen LogP contribution in [0.25, 0.3) is 0 Å². The van der Waals surface area contributed by atoms with Gasteiger partial charge in [0.25, 0.3) is 0 Å². The molecule has 1 heterocycles. The van der Waals surface area contributed by atoms with Crippen molar-refractivity contribution in [3.63, 3.8) is 0 Å². The minimum absolute atomic E-state index is 0.771. The van der Waals surface area contributed by atoms with Gasteiger partial charge in [-0.2, -0.15) is 0 Å². The number of anilines is 1. The number of piperidine rings is 1. The minimum atomic E-state index is 0.771. The van der Waals surface area contributed by atoms with Crippen LogP contribution in [-0.2, 0) is 6.54 Å². The molecule has 0 atom stereocenters. The standard InChI is InChI=1S/C17H25BrN2/c1-2-13-7-9-20(10-8-13)17-6-3-15(18)11-14(17)12-19-16-4-5-16/h3,6,11,13,16,19H,2,4-5,7-10,12H2,1H3. The first-order valence-corrected chi connectivity index (χ1v) is 8.82. The first-order valence-electron chi connectivity index (χ1n) is 8.03. The average molecular weight is 337 g/mol. The molecule has 1 N–H and O–H groups in total. The molecule has 3 rings (SSSR count). The Balaban J connectivity index is 1.70. The molecule has 0 unspecified atom stereocenters. The summed E-state index contributed by atoms with van der Waals surface area (Å²) >= 11 is 3.62. The largest absolute Gasteiger partial charge is 0.371 e. The summed E-state index contributed by atoms with van der Waals surface area (Å²) in [6, 6.07) is 7.53. The lowest BCUT2D eigenvalue weighted by Crippen LogP contribution is -2.34. The zero-order valence-electron chi connectivity index (χ0n) is 12.4. The third-order valence-electron chi connectivity index (χ3n) is 4.73. The number of nitrogens with zero attached hydrogens (tertiary/aromatic N) is 1. The van der Waals surface area contributed by atoms with Gasteiger partial charge in [-0.25, -0.2) is 0 Å². The van der Waals surface area contributed by atoms with E-state index in [2.05, 4.69) is 51.3 Å². The molecule has 0 radical (unpaired) electrons. The number of hydrogen-bond acceptors (Lipinski definition) is 2. The molecular weight excluding hydrogens is 312 g/mol. The molecule has 0 spiro atoms. The Labute approximate surface area is 131 Å². The van der Waals surface area contributed by atoms with Gasteiger partial charge in [-0.1, -0.05) is 29.3 Å². The third-order valence-corrected chi connectivity index (χ3v) is 5.23. The van der Waals surface area contributed by atoms with E-state index in [1.54, 1.807) is 0 Å². The Kier molecular flexibility index (Phi) is 4.67. The van der Waals surface area contributed by atoms with Gasteiger partial charge in [0.15, 0.2) is 0 Å². The van der Waals surface area contributed by atoms with Gasteiger partial charge in [-0.05, 0) is 55.4 Å². The predicted molar refractivity (Wildman–Crippen MR) is 89.2 cm³/mol. The van der Waals surface area contributed by atoms with Crippen LogP contribution in [0.5, 0.6) is 0 Å². The lowest BCUT2D eigenvalue weighted by Gasteiger charge is -2.34. The van der Waals surface area contributed by atoms with Gasteiger partial charge in [-0.3, -0.25) is 0 Å². The number of hydrogen-bond donors (Lipinski definition) is 1. The monoisotopic (exact) mass is 336 g/mol. The molecule has 20 heavy (non-hydrogen) atoms. The average Bonchev–Trinajstić information content (AvgIpc) is 3.30. The lowest BCUT2D eigenvalue weighted by molar-refractivity contribution is 0.394. The van der Waals surface area contributed by atoms with E-state index in [1.165, 1.54) is 60.9 Å². The van der Waals surface area contributed by atoms with Crippen LogP contribution >= 0.6 is 15.9 Å². The molecule has 2 aliphatic rings. The fourth-order valence-electron chi connectivity index (χ4n) is 3.13. The number of halogens is 1. The quantitative estimate of drug-likeness (QED) is 0.860. The maximum Gasteiger partial charge on any atom is 0.0412 e. The SMILES string of the molecule is CCC1CCN(c2ccc(Br)cc2CNC2CC2)CC1. The van der Waals surface area contributed by atoms with E-state index in [9.17, 15) is 0 Å². The third kappa shape index (κ3) is 3.56. The van der Waals surface area contributed by atoms with E-state index >= 15 is 0 Å². The second kappa shape index (κ2) is 6.48. The van der Waals surface area contributed by atoms with Crippen LogP contribution in [0.2, 0.25) is 0 Å². The maximum absolute atomic E-state index is 3.65. The lowest BCUT2D eigenvalue weighted by atomic mass is 9.94. The van der Waals surface area contributed by atoms with Crippen molar-refractivity contribution in [2.24, 2.45) is 5.92 Å². The summed E-state index contributed by atoms with van der Waals surface area (Å²) in [4.78, 5) is 2.59. The molecular formula is C17H25BrN2. The Hall–Kier alpha value is -0.540. The van der Waals surface area contributed by atoms with Gasteiger partial charge in [0.2, 0.25) is 0 Å². The number of benzene rings is 1. The van der Waals surface area contributed by atoms with Crippen LogP contribution < -0.4 is 10.2 Å². The molecule has 1 aliphatic carbocycles. The Bertz CT molecular complexity index is 448. The Morgan fingerprint density at radius 1 is 1.20 bits per heavy atom. The molecule has 0 amide bonds. The molecule has 0 bridgehead atoms. The summed E-state index contributed by atoms with van der Waals surface area (Å²) in [6.45, 7) is 5.77. The second-order valence-electron chi connectivity index (χ2n) is 6.27. The first kappa shape index (κ1) is 14.4. The van der Waals surface area contributed by atoms with Crippen LogP contribution in [0.15, 0.2) is 22.7 Å². The van der Waals surface area contributed by atoms with Gasteiger partial charge in [0, 0.05) is 35.8 Å². The van der Waals surface area contributed by atoms with Crippen LogP contribution in [0.3, 0.4) is 0 Å². The van der Waals surface area contributed by atoms with Crippen molar-refractivity contribution < 1.29 is 0 Å². The topological polar surface area (TPSA) is 15.3 Å². The summed E-state index contributed by atoms with van der Waals surface area (Å²) in [5, 5.41) is 3.65. The smallest absolute Gasteiger partial charge is 0.0412 e. The van der Waals surface area contributed by atoms with E-state index < -0.39 is 0 Å². The van der Waals surface area contributed by atoms with E-state index in [4.69, 9.17) is 0 Å². The van der Waals surface area contributed by atoms with Crippen LogP contribution in [0.4, 0.5) is 5.69 Å². The van der Waals surface area contributed by atoms with Crippen molar-refractivity contribution in [1.82, 2.24) is 5.32 Å². The highest BCUT2D eigenvalue weighted by Crippen LogP contribution is 2.30. The van der Waals surface area contributed by atoms with Crippen molar-refractivity contribution in [2.75, 3.05) is 18.0 Å². The van der Waals surface area contributed by atoms with Gasteiger partial charge >= 0.3 is 0 Å². The fraction of sp³-hybridized carbons (Fsp3) is 0.647. The van der Waals surface area contributed by atoms with E-state index in [1.807, 2.05) is 0 Å². The van der Waals surface area contributed by atoms with Crippen molar-refractivity contribution in [3.8, 4) is 0 Å². The Morgan fingerprint density at radius 3 is 2.60 bits per heavy atom. The van der Waals surface area contributed by atoms with Gasteiger partial charge in [-0.15, -0.1) is 0 Å². The summed E-state index contributed by atoms with van der Waals surface area (Å²) in [5.74, 6) is 0.940. The van der Waals surface area contributed by atoms with E-state index in [0.29, 0.717) is 0 Å². The number of nitrogens with one attached hydrogen (secondary N) is 1. The molecule has 2 fully saturated rings. The minimum Gasteiger partial charge on any atom is -0.371 e. The number of rotatable bonds is 5.